The minimum absolute atomic E-state index is 0.307. The van der Waals surface area contributed by atoms with Crippen molar-refractivity contribution in [1.29, 1.82) is 0 Å². The third-order valence-corrected chi connectivity index (χ3v) is 4.08. The average molecular weight is 345 g/mol. The maximum atomic E-state index is 12.6. The molecule has 0 unspecified atom stereocenters. The van der Waals surface area contributed by atoms with Gasteiger partial charge in [-0.3, -0.25) is 4.79 Å². The number of carboxylic acids is 1. The van der Waals surface area contributed by atoms with E-state index in [-0.39, 0.29) is 12.3 Å². The maximum Gasteiger partial charge on any atom is 0.228 e. The van der Waals surface area contributed by atoms with Gasteiger partial charge in [-0.2, -0.15) is 0 Å². The summed E-state index contributed by atoms with van der Waals surface area (Å²) in [6.45, 7) is 3.82. The molecule has 5 heteroatoms. The van der Waals surface area contributed by atoms with E-state index in [4.69, 9.17) is 11.6 Å². The fraction of sp³-hybridized carbons (Fsp3) is 0.263. The molecule has 2 aromatic rings. The second kappa shape index (κ2) is 7.97. The predicted molar refractivity (Wildman–Crippen MR) is 92.8 cm³/mol. The molecule has 24 heavy (non-hydrogen) atoms. The highest BCUT2D eigenvalue weighted by atomic mass is 35.5. The molecule has 0 bridgehead atoms. The van der Waals surface area contributed by atoms with Gasteiger partial charge in [0, 0.05) is 22.6 Å². The number of carbonyl (C=O) groups excluding carboxylic acids is 2. The van der Waals surface area contributed by atoms with Crippen molar-refractivity contribution in [2.75, 3.05) is 5.32 Å². The molecule has 0 saturated carbocycles. The van der Waals surface area contributed by atoms with Crippen molar-refractivity contribution in [3.8, 4) is 0 Å². The number of halogens is 1. The van der Waals surface area contributed by atoms with Gasteiger partial charge in [-0.25, -0.2) is 0 Å². The topological polar surface area (TPSA) is 69.2 Å². The van der Waals surface area contributed by atoms with Crippen LogP contribution in [0, 0.1) is 19.8 Å². The van der Waals surface area contributed by atoms with Gasteiger partial charge in [0.15, 0.2) is 0 Å². The van der Waals surface area contributed by atoms with Gasteiger partial charge in [0.25, 0.3) is 0 Å². The van der Waals surface area contributed by atoms with Crippen molar-refractivity contribution in [2.24, 2.45) is 5.92 Å². The first kappa shape index (κ1) is 18.0. The second-order valence-electron chi connectivity index (χ2n) is 5.91. The molecule has 0 radical (unpaired) electrons. The molecule has 1 N–H and O–H groups in total. The van der Waals surface area contributed by atoms with Crippen LogP contribution < -0.4 is 10.4 Å². The van der Waals surface area contributed by atoms with Crippen molar-refractivity contribution >= 4 is 29.2 Å². The largest absolute Gasteiger partial charge is 0.550 e. The Morgan fingerprint density at radius 3 is 2.42 bits per heavy atom. The first-order valence-corrected chi connectivity index (χ1v) is 8.05. The molecule has 1 atom stereocenters. The minimum Gasteiger partial charge on any atom is -0.550 e. The smallest absolute Gasteiger partial charge is 0.228 e. The standard InChI is InChI=1S/C19H20ClNO3/c1-12-3-4-13(2)17(9-12)21-19(24)15(11-18(22)23)10-14-5-7-16(20)8-6-14/h3-9,15H,10-11H2,1-2H3,(H,21,24)(H,22,23)/p-1/t15-/m1/s1. The van der Waals surface area contributed by atoms with Crippen LogP contribution in [0.3, 0.4) is 0 Å². The van der Waals surface area contributed by atoms with Crippen LogP contribution in [0.15, 0.2) is 42.5 Å². The molecule has 0 spiro atoms. The maximum absolute atomic E-state index is 12.6. The Morgan fingerprint density at radius 1 is 1.12 bits per heavy atom. The fourth-order valence-corrected chi connectivity index (χ4v) is 2.60. The molecule has 0 heterocycles. The van der Waals surface area contributed by atoms with Crippen LogP contribution in [0.4, 0.5) is 5.69 Å². The van der Waals surface area contributed by atoms with Crippen molar-refractivity contribution in [3.05, 3.63) is 64.2 Å². The van der Waals surface area contributed by atoms with Gasteiger partial charge < -0.3 is 15.2 Å². The van der Waals surface area contributed by atoms with E-state index in [1.165, 1.54) is 0 Å². The van der Waals surface area contributed by atoms with Crippen LogP contribution >= 0.6 is 11.6 Å². The molecule has 2 aromatic carbocycles. The van der Waals surface area contributed by atoms with E-state index < -0.39 is 11.9 Å². The van der Waals surface area contributed by atoms with Crippen molar-refractivity contribution in [2.45, 2.75) is 26.7 Å². The third kappa shape index (κ3) is 5.10. The number of benzene rings is 2. The Hall–Kier alpha value is -2.33. The fourth-order valence-electron chi connectivity index (χ4n) is 2.47. The Balaban J connectivity index is 2.16. The Kier molecular flexibility index (Phi) is 5.99. The van der Waals surface area contributed by atoms with Gasteiger partial charge in [0.1, 0.15) is 0 Å². The van der Waals surface area contributed by atoms with Gasteiger partial charge in [-0.05, 0) is 61.6 Å². The summed E-state index contributed by atoms with van der Waals surface area (Å²) in [5, 5.41) is 14.4. The van der Waals surface area contributed by atoms with Crippen LogP contribution in [0.1, 0.15) is 23.1 Å². The number of hydrogen-bond acceptors (Lipinski definition) is 3. The number of hydrogen-bond donors (Lipinski definition) is 1. The Bertz CT molecular complexity index is 741. The predicted octanol–water partition coefficient (Wildman–Crippen LogP) is 2.89. The second-order valence-corrected chi connectivity index (χ2v) is 6.35. The molecule has 0 aliphatic heterocycles. The van der Waals surface area contributed by atoms with E-state index in [1.807, 2.05) is 32.0 Å². The molecule has 126 valence electrons. The number of amides is 1. The average Bonchev–Trinajstić information content (AvgIpc) is 2.52. The first-order chi connectivity index (χ1) is 11.3. The summed E-state index contributed by atoms with van der Waals surface area (Å²) in [4.78, 5) is 23.6. The third-order valence-electron chi connectivity index (χ3n) is 3.83. The summed E-state index contributed by atoms with van der Waals surface area (Å²) in [5.74, 6) is -2.29. The lowest BCUT2D eigenvalue weighted by molar-refractivity contribution is -0.306. The van der Waals surface area contributed by atoms with Crippen molar-refractivity contribution < 1.29 is 14.7 Å². The minimum atomic E-state index is -1.25. The molecule has 0 aliphatic carbocycles. The van der Waals surface area contributed by atoms with Crippen LogP contribution in [0.25, 0.3) is 0 Å². The lowest BCUT2D eigenvalue weighted by Crippen LogP contribution is -2.32. The summed E-state index contributed by atoms with van der Waals surface area (Å²) in [6, 6.07) is 12.7. The van der Waals surface area contributed by atoms with Crippen molar-refractivity contribution in [3.63, 3.8) is 0 Å². The lowest BCUT2D eigenvalue weighted by Gasteiger charge is -2.18. The number of carbonyl (C=O) groups is 2. The van der Waals surface area contributed by atoms with Crippen LogP contribution in [-0.4, -0.2) is 11.9 Å². The number of carboxylic acid groups (broad SMARTS) is 1. The van der Waals surface area contributed by atoms with Gasteiger partial charge in [0.05, 0.1) is 0 Å². The molecule has 0 fully saturated rings. The molecule has 0 aliphatic rings. The normalized spacial score (nSPS) is 11.8. The molecule has 0 aromatic heterocycles. The van der Waals surface area contributed by atoms with E-state index in [0.29, 0.717) is 17.1 Å². The zero-order valence-corrected chi connectivity index (χ0v) is 14.4. The van der Waals surface area contributed by atoms with Crippen molar-refractivity contribution in [1.82, 2.24) is 0 Å². The number of aliphatic carboxylic acids is 1. The van der Waals surface area contributed by atoms with Crippen LogP contribution in [0.5, 0.6) is 0 Å². The highest BCUT2D eigenvalue weighted by Crippen LogP contribution is 2.20. The highest BCUT2D eigenvalue weighted by molar-refractivity contribution is 6.30. The molecule has 2 rings (SSSR count). The lowest BCUT2D eigenvalue weighted by atomic mass is 9.95. The summed E-state index contributed by atoms with van der Waals surface area (Å²) in [5.41, 5.74) is 3.49. The van der Waals surface area contributed by atoms with Crippen LogP contribution in [0.2, 0.25) is 5.02 Å². The van der Waals surface area contributed by atoms with Gasteiger partial charge in [0.2, 0.25) is 5.91 Å². The SMILES string of the molecule is Cc1ccc(C)c(NC(=O)[C@@H](CC(=O)[O-])Cc2ccc(Cl)cc2)c1. The van der Waals surface area contributed by atoms with E-state index in [0.717, 1.165) is 16.7 Å². The first-order valence-electron chi connectivity index (χ1n) is 7.67. The summed E-state index contributed by atoms with van der Waals surface area (Å²) in [6.07, 6.45) is -0.0266. The van der Waals surface area contributed by atoms with Gasteiger partial charge >= 0.3 is 0 Å². The highest BCUT2D eigenvalue weighted by Gasteiger charge is 2.20. The Morgan fingerprint density at radius 2 is 1.79 bits per heavy atom. The van der Waals surface area contributed by atoms with Crippen LogP contribution in [-0.2, 0) is 16.0 Å². The summed E-state index contributed by atoms with van der Waals surface area (Å²) >= 11 is 5.85. The zero-order chi connectivity index (χ0) is 17.7. The molecular weight excluding hydrogens is 326 g/mol. The van der Waals surface area contributed by atoms with E-state index in [2.05, 4.69) is 5.32 Å². The molecule has 1 amide bonds. The molecular formula is C19H19ClNO3-. The Labute approximate surface area is 146 Å². The van der Waals surface area contributed by atoms with Gasteiger partial charge in [-0.15, -0.1) is 0 Å². The van der Waals surface area contributed by atoms with Gasteiger partial charge in [-0.1, -0.05) is 35.9 Å². The summed E-state index contributed by atoms with van der Waals surface area (Å²) in [7, 11) is 0. The van der Waals surface area contributed by atoms with E-state index in [9.17, 15) is 14.7 Å². The number of rotatable bonds is 6. The quantitative estimate of drug-likeness (QED) is 0.876. The number of aryl methyl sites for hydroxylation is 2. The summed E-state index contributed by atoms with van der Waals surface area (Å²) < 4.78 is 0. The zero-order valence-electron chi connectivity index (χ0n) is 13.6. The van der Waals surface area contributed by atoms with E-state index >= 15 is 0 Å². The monoisotopic (exact) mass is 344 g/mol. The molecule has 4 nitrogen and oxygen atoms in total. The number of nitrogens with one attached hydrogen (secondary N) is 1. The van der Waals surface area contributed by atoms with E-state index in [1.54, 1.807) is 24.3 Å². The molecule has 0 saturated heterocycles. The number of anilines is 1.